The van der Waals surface area contributed by atoms with Crippen molar-refractivity contribution in [3.8, 4) is 0 Å². The number of benzene rings is 2. The normalized spacial score (nSPS) is 11.8. The van der Waals surface area contributed by atoms with E-state index < -0.39 is 0 Å². The Balaban J connectivity index is 1.71. The second-order valence-corrected chi connectivity index (χ2v) is 6.58. The molecule has 3 rings (SSSR count). The molecule has 132 valence electrons. The molecule has 0 aliphatic heterocycles. The summed E-state index contributed by atoms with van der Waals surface area (Å²) in [7, 11) is 0. The molecule has 1 N–H and O–H groups in total. The molecule has 0 saturated heterocycles. The van der Waals surface area contributed by atoms with Gasteiger partial charge in [-0.1, -0.05) is 54.1 Å². The maximum Gasteiger partial charge on any atom is 0.221 e. The van der Waals surface area contributed by atoms with Gasteiger partial charge in [0.05, 0.1) is 24.1 Å². The van der Waals surface area contributed by atoms with Crippen LogP contribution in [0.1, 0.15) is 34.9 Å². The van der Waals surface area contributed by atoms with E-state index in [1.54, 1.807) is 12.4 Å². The third kappa shape index (κ3) is 4.90. The molecule has 0 saturated carbocycles. The first kappa shape index (κ1) is 18.1. The number of nitrogens with one attached hydrogen (secondary N) is 1. The topological polar surface area (TPSA) is 54.9 Å². The number of rotatable bonds is 6. The first-order valence-corrected chi connectivity index (χ1v) is 8.84. The van der Waals surface area contributed by atoms with E-state index >= 15 is 0 Å². The number of amides is 1. The second kappa shape index (κ2) is 8.59. The minimum Gasteiger partial charge on any atom is -0.350 e. The maximum atomic E-state index is 12.5. The van der Waals surface area contributed by atoms with Gasteiger partial charge in [-0.15, -0.1) is 0 Å². The van der Waals surface area contributed by atoms with Gasteiger partial charge in [-0.2, -0.15) is 0 Å². The van der Waals surface area contributed by atoms with Gasteiger partial charge in [-0.05, 0) is 30.2 Å². The van der Waals surface area contributed by atoms with E-state index in [4.69, 9.17) is 11.6 Å². The van der Waals surface area contributed by atoms with Crippen molar-refractivity contribution in [1.29, 1.82) is 0 Å². The molecule has 0 unspecified atom stereocenters. The van der Waals surface area contributed by atoms with E-state index in [9.17, 15) is 4.79 Å². The fourth-order valence-electron chi connectivity index (χ4n) is 2.77. The summed E-state index contributed by atoms with van der Waals surface area (Å²) in [5.41, 5.74) is 3.75. The molecule has 0 bridgehead atoms. The molecule has 26 heavy (non-hydrogen) atoms. The Morgan fingerprint density at radius 1 is 1.00 bits per heavy atom. The van der Waals surface area contributed by atoms with Crippen molar-refractivity contribution >= 4 is 17.5 Å². The summed E-state index contributed by atoms with van der Waals surface area (Å²) in [4.78, 5) is 21.0. The lowest BCUT2D eigenvalue weighted by molar-refractivity contribution is -0.121. The molecule has 1 amide bonds. The standard InChI is InChI=1S/C21H20ClN3O/c1-15-12-24-19(13-23-15)14-25-21(26)11-20(16-5-3-2-4-6-16)17-7-9-18(22)10-8-17/h2-10,12-13,20H,11,14H2,1H3,(H,25,26)/t20-/m0/s1. The summed E-state index contributed by atoms with van der Waals surface area (Å²) >= 11 is 6.00. The lowest BCUT2D eigenvalue weighted by Crippen LogP contribution is -2.25. The van der Waals surface area contributed by atoms with E-state index in [0.29, 0.717) is 18.0 Å². The van der Waals surface area contributed by atoms with Crippen molar-refractivity contribution in [2.75, 3.05) is 0 Å². The number of carbonyl (C=O) groups excluding carboxylic acids is 1. The Bertz CT molecular complexity index is 849. The zero-order valence-electron chi connectivity index (χ0n) is 14.5. The number of hydrogen-bond acceptors (Lipinski definition) is 3. The van der Waals surface area contributed by atoms with E-state index in [1.807, 2.05) is 61.5 Å². The first-order chi connectivity index (χ1) is 12.6. The van der Waals surface area contributed by atoms with Crippen LogP contribution in [0.3, 0.4) is 0 Å². The summed E-state index contributed by atoms with van der Waals surface area (Å²) in [5.74, 6) is -0.0613. The van der Waals surface area contributed by atoms with Gasteiger partial charge in [-0.3, -0.25) is 14.8 Å². The highest BCUT2D eigenvalue weighted by molar-refractivity contribution is 6.30. The van der Waals surface area contributed by atoms with Gasteiger partial charge in [-0.25, -0.2) is 0 Å². The SMILES string of the molecule is Cc1cnc(CNC(=O)C[C@@H](c2ccccc2)c2ccc(Cl)cc2)cn1. The van der Waals surface area contributed by atoms with E-state index in [0.717, 1.165) is 22.5 Å². The Morgan fingerprint density at radius 2 is 1.69 bits per heavy atom. The molecule has 0 aliphatic carbocycles. The van der Waals surface area contributed by atoms with Crippen molar-refractivity contribution in [2.24, 2.45) is 0 Å². The lowest BCUT2D eigenvalue weighted by Gasteiger charge is -2.18. The van der Waals surface area contributed by atoms with Crippen LogP contribution in [0.25, 0.3) is 0 Å². The minimum atomic E-state index is -0.0313. The summed E-state index contributed by atoms with van der Waals surface area (Å²) in [6.07, 6.45) is 3.73. The molecular weight excluding hydrogens is 346 g/mol. The molecule has 0 fully saturated rings. The van der Waals surface area contributed by atoms with Crippen LogP contribution in [-0.2, 0) is 11.3 Å². The average Bonchev–Trinajstić information content (AvgIpc) is 2.67. The summed E-state index contributed by atoms with van der Waals surface area (Å²) in [6.45, 7) is 2.25. The quantitative estimate of drug-likeness (QED) is 0.709. The summed E-state index contributed by atoms with van der Waals surface area (Å²) < 4.78 is 0. The molecule has 3 aromatic rings. The lowest BCUT2D eigenvalue weighted by atomic mass is 9.88. The van der Waals surface area contributed by atoms with Crippen LogP contribution in [0.2, 0.25) is 5.02 Å². The molecule has 1 atom stereocenters. The number of halogens is 1. The summed E-state index contributed by atoms with van der Waals surface area (Å²) in [5, 5.41) is 3.62. The average molecular weight is 366 g/mol. The van der Waals surface area contributed by atoms with Crippen LogP contribution >= 0.6 is 11.6 Å². The van der Waals surface area contributed by atoms with Gasteiger partial charge in [0.1, 0.15) is 0 Å². The van der Waals surface area contributed by atoms with Crippen molar-refractivity contribution in [2.45, 2.75) is 25.8 Å². The smallest absolute Gasteiger partial charge is 0.221 e. The zero-order chi connectivity index (χ0) is 18.4. The minimum absolute atomic E-state index is 0.0300. The zero-order valence-corrected chi connectivity index (χ0v) is 15.3. The molecule has 0 radical (unpaired) electrons. The van der Waals surface area contributed by atoms with Crippen LogP contribution in [-0.4, -0.2) is 15.9 Å². The number of nitrogens with zero attached hydrogens (tertiary/aromatic N) is 2. The fraction of sp³-hybridized carbons (Fsp3) is 0.190. The molecule has 0 spiro atoms. The van der Waals surface area contributed by atoms with Crippen molar-refractivity contribution in [3.05, 3.63) is 94.5 Å². The van der Waals surface area contributed by atoms with E-state index in [1.165, 1.54) is 0 Å². The Labute approximate surface area is 158 Å². The number of aryl methyl sites for hydroxylation is 1. The highest BCUT2D eigenvalue weighted by Gasteiger charge is 2.18. The van der Waals surface area contributed by atoms with Gasteiger partial charge < -0.3 is 5.32 Å². The highest BCUT2D eigenvalue weighted by atomic mass is 35.5. The Hall–Kier alpha value is -2.72. The molecule has 2 aromatic carbocycles. The molecule has 1 heterocycles. The predicted molar refractivity (Wildman–Crippen MR) is 103 cm³/mol. The predicted octanol–water partition coefficient (Wildman–Crippen LogP) is 4.28. The van der Waals surface area contributed by atoms with Crippen molar-refractivity contribution in [3.63, 3.8) is 0 Å². The number of hydrogen-bond donors (Lipinski definition) is 1. The largest absolute Gasteiger partial charge is 0.350 e. The molecule has 5 heteroatoms. The van der Waals surface area contributed by atoms with Crippen LogP contribution in [0.15, 0.2) is 67.0 Å². The number of aromatic nitrogens is 2. The van der Waals surface area contributed by atoms with E-state index in [-0.39, 0.29) is 11.8 Å². The Morgan fingerprint density at radius 3 is 2.35 bits per heavy atom. The first-order valence-electron chi connectivity index (χ1n) is 8.46. The molecular formula is C21H20ClN3O. The van der Waals surface area contributed by atoms with Gasteiger partial charge >= 0.3 is 0 Å². The fourth-order valence-corrected chi connectivity index (χ4v) is 2.89. The third-order valence-corrected chi connectivity index (χ3v) is 4.42. The third-order valence-electron chi connectivity index (χ3n) is 4.16. The monoisotopic (exact) mass is 365 g/mol. The molecule has 1 aromatic heterocycles. The van der Waals surface area contributed by atoms with Crippen LogP contribution in [0.5, 0.6) is 0 Å². The number of carbonyl (C=O) groups is 1. The molecule has 0 aliphatic rings. The van der Waals surface area contributed by atoms with Gasteiger partial charge in [0.15, 0.2) is 0 Å². The van der Waals surface area contributed by atoms with Gasteiger partial charge in [0.25, 0.3) is 0 Å². The van der Waals surface area contributed by atoms with Crippen LogP contribution in [0, 0.1) is 6.92 Å². The van der Waals surface area contributed by atoms with Gasteiger partial charge in [0.2, 0.25) is 5.91 Å². The summed E-state index contributed by atoms with van der Waals surface area (Å²) in [6, 6.07) is 17.7. The second-order valence-electron chi connectivity index (χ2n) is 6.14. The van der Waals surface area contributed by atoms with Crippen molar-refractivity contribution < 1.29 is 4.79 Å². The van der Waals surface area contributed by atoms with E-state index in [2.05, 4.69) is 15.3 Å². The molecule has 4 nitrogen and oxygen atoms in total. The Kier molecular flexibility index (Phi) is 5.97. The maximum absolute atomic E-state index is 12.5. The van der Waals surface area contributed by atoms with Crippen LogP contribution < -0.4 is 5.32 Å². The van der Waals surface area contributed by atoms with Crippen LogP contribution in [0.4, 0.5) is 0 Å². The van der Waals surface area contributed by atoms with Gasteiger partial charge in [0, 0.05) is 23.6 Å². The van der Waals surface area contributed by atoms with Crippen molar-refractivity contribution in [1.82, 2.24) is 15.3 Å². The highest BCUT2D eigenvalue weighted by Crippen LogP contribution is 2.28.